The molecule has 0 aliphatic carbocycles. The number of nitro groups is 1. The maximum Gasteiger partial charge on any atom is 0.269 e. The molecule has 6 nitrogen and oxygen atoms in total. The first-order valence-electron chi connectivity index (χ1n) is 9.25. The molecule has 0 spiro atoms. The second kappa shape index (κ2) is 9.84. The van der Waals surface area contributed by atoms with Crippen LogP contribution >= 0.6 is 23.4 Å². The SMILES string of the molecule is Cc1ccc(Sc2ccc([N+](=O)[O-])cc2CNc2cc(Cl)cc(CCO)c2O)cc1. The maximum absolute atomic E-state index is 11.2. The van der Waals surface area contributed by atoms with Gasteiger partial charge in [-0.15, -0.1) is 0 Å². The van der Waals surface area contributed by atoms with Crippen molar-refractivity contribution in [1.29, 1.82) is 0 Å². The monoisotopic (exact) mass is 444 g/mol. The van der Waals surface area contributed by atoms with Crippen LogP contribution in [0.3, 0.4) is 0 Å². The second-order valence-electron chi connectivity index (χ2n) is 6.75. The third-order valence-electron chi connectivity index (χ3n) is 4.51. The van der Waals surface area contributed by atoms with E-state index in [0.29, 0.717) is 16.3 Å². The van der Waals surface area contributed by atoms with E-state index in [1.165, 1.54) is 23.9 Å². The van der Waals surface area contributed by atoms with Crippen LogP contribution in [0, 0.1) is 17.0 Å². The van der Waals surface area contributed by atoms with Crippen molar-refractivity contribution in [2.75, 3.05) is 11.9 Å². The number of aliphatic hydroxyl groups is 1. The van der Waals surface area contributed by atoms with Crippen molar-refractivity contribution in [2.24, 2.45) is 0 Å². The molecule has 3 aromatic carbocycles. The summed E-state index contributed by atoms with van der Waals surface area (Å²) in [4.78, 5) is 12.7. The van der Waals surface area contributed by atoms with E-state index < -0.39 is 4.92 Å². The van der Waals surface area contributed by atoms with Gasteiger partial charge in [0.25, 0.3) is 5.69 Å². The van der Waals surface area contributed by atoms with Gasteiger partial charge in [-0.1, -0.05) is 41.1 Å². The Morgan fingerprint density at radius 1 is 1.10 bits per heavy atom. The van der Waals surface area contributed by atoms with Gasteiger partial charge in [-0.05, 0) is 54.8 Å². The lowest BCUT2D eigenvalue weighted by atomic mass is 10.1. The number of benzene rings is 3. The van der Waals surface area contributed by atoms with Gasteiger partial charge in [-0.2, -0.15) is 0 Å². The first-order chi connectivity index (χ1) is 14.4. The van der Waals surface area contributed by atoms with Crippen LogP contribution < -0.4 is 5.32 Å². The quantitative estimate of drug-likeness (QED) is 0.239. The number of aryl methyl sites for hydroxylation is 1. The summed E-state index contributed by atoms with van der Waals surface area (Å²) in [6, 6.07) is 16.0. The molecule has 3 N–H and O–H groups in total. The van der Waals surface area contributed by atoms with Crippen LogP contribution in [0.25, 0.3) is 0 Å². The lowest BCUT2D eigenvalue weighted by Crippen LogP contribution is -2.04. The third kappa shape index (κ3) is 5.44. The van der Waals surface area contributed by atoms with E-state index >= 15 is 0 Å². The largest absolute Gasteiger partial charge is 0.505 e. The Hall–Kier alpha value is -2.74. The average Bonchev–Trinajstić information content (AvgIpc) is 2.72. The van der Waals surface area contributed by atoms with Crippen molar-refractivity contribution in [3.63, 3.8) is 0 Å². The molecule has 0 atom stereocenters. The van der Waals surface area contributed by atoms with Gasteiger partial charge < -0.3 is 15.5 Å². The second-order valence-corrected chi connectivity index (χ2v) is 8.30. The number of hydrogen-bond donors (Lipinski definition) is 3. The summed E-state index contributed by atoms with van der Waals surface area (Å²) in [7, 11) is 0. The molecule has 0 aliphatic heterocycles. The number of nitrogens with zero attached hydrogens (tertiary/aromatic N) is 1. The lowest BCUT2D eigenvalue weighted by molar-refractivity contribution is -0.385. The molecule has 0 amide bonds. The van der Waals surface area contributed by atoms with Crippen LogP contribution in [0.4, 0.5) is 11.4 Å². The van der Waals surface area contributed by atoms with Crippen molar-refractivity contribution in [3.8, 4) is 5.75 Å². The van der Waals surface area contributed by atoms with Gasteiger partial charge in [-0.3, -0.25) is 10.1 Å². The smallest absolute Gasteiger partial charge is 0.269 e. The summed E-state index contributed by atoms with van der Waals surface area (Å²) >= 11 is 7.64. The Kier molecular flexibility index (Phi) is 7.20. The first-order valence-corrected chi connectivity index (χ1v) is 10.4. The Balaban J connectivity index is 1.89. The number of nitrogens with one attached hydrogen (secondary N) is 1. The zero-order chi connectivity index (χ0) is 21.7. The average molecular weight is 445 g/mol. The van der Waals surface area contributed by atoms with Crippen molar-refractivity contribution < 1.29 is 15.1 Å². The number of phenolic OH excluding ortho intramolecular Hbond substituents is 1. The number of halogens is 1. The standard InChI is InChI=1S/C22H21ClN2O4S/c1-14-2-5-19(6-3-14)30-21-7-4-18(25(28)29)11-16(21)13-24-20-12-17(23)10-15(8-9-26)22(20)27/h2-7,10-12,24,26-27H,8-9,13H2,1H3. The van der Waals surface area contributed by atoms with Crippen molar-refractivity contribution in [2.45, 2.75) is 29.7 Å². The van der Waals surface area contributed by atoms with Crippen LogP contribution in [-0.2, 0) is 13.0 Å². The van der Waals surface area contributed by atoms with Gasteiger partial charge >= 0.3 is 0 Å². The van der Waals surface area contributed by atoms with Crippen LogP contribution in [0.2, 0.25) is 5.02 Å². The Labute approximate surface area is 183 Å². The minimum absolute atomic E-state index is 0.00339. The molecule has 3 rings (SSSR count). The molecule has 0 unspecified atom stereocenters. The molecular formula is C22H21ClN2O4S. The van der Waals surface area contributed by atoms with E-state index in [0.717, 1.165) is 20.9 Å². The third-order valence-corrected chi connectivity index (χ3v) is 5.85. The number of nitro benzene ring substituents is 1. The fourth-order valence-corrected chi connectivity index (χ4v) is 4.11. The number of non-ortho nitro benzene ring substituents is 1. The van der Waals surface area contributed by atoms with E-state index in [9.17, 15) is 15.2 Å². The predicted octanol–water partition coefficient (Wildman–Crippen LogP) is 5.56. The van der Waals surface area contributed by atoms with E-state index in [1.807, 2.05) is 31.2 Å². The van der Waals surface area contributed by atoms with Gasteiger partial charge in [0, 0.05) is 40.1 Å². The lowest BCUT2D eigenvalue weighted by Gasteiger charge is -2.15. The molecule has 0 heterocycles. The van der Waals surface area contributed by atoms with Crippen molar-refractivity contribution in [3.05, 3.63) is 86.4 Å². The molecular weight excluding hydrogens is 424 g/mol. The van der Waals surface area contributed by atoms with Crippen LogP contribution in [0.1, 0.15) is 16.7 Å². The summed E-state index contributed by atoms with van der Waals surface area (Å²) in [6.07, 6.45) is 0.270. The zero-order valence-corrected chi connectivity index (χ0v) is 17.8. The maximum atomic E-state index is 11.2. The highest BCUT2D eigenvalue weighted by molar-refractivity contribution is 7.99. The molecule has 0 fully saturated rings. The molecule has 0 bridgehead atoms. The van der Waals surface area contributed by atoms with E-state index in [-0.39, 0.29) is 31.0 Å². The van der Waals surface area contributed by atoms with Gasteiger partial charge in [0.05, 0.1) is 10.6 Å². The van der Waals surface area contributed by atoms with Crippen LogP contribution in [0.5, 0.6) is 5.75 Å². The molecule has 8 heteroatoms. The minimum Gasteiger partial charge on any atom is -0.505 e. The van der Waals surface area contributed by atoms with Gasteiger partial charge in [0.1, 0.15) is 5.75 Å². The Morgan fingerprint density at radius 2 is 1.83 bits per heavy atom. The fourth-order valence-electron chi connectivity index (χ4n) is 2.94. The minimum atomic E-state index is -0.431. The topological polar surface area (TPSA) is 95.6 Å². The zero-order valence-electron chi connectivity index (χ0n) is 16.3. The molecule has 3 aromatic rings. The highest BCUT2D eigenvalue weighted by atomic mass is 35.5. The van der Waals surface area contributed by atoms with Crippen LogP contribution in [-0.4, -0.2) is 21.7 Å². The number of rotatable bonds is 8. The highest BCUT2D eigenvalue weighted by Gasteiger charge is 2.14. The molecule has 0 saturated heterocycles. The van der Waals surface area contributed by atoms with E-state index in [4.69, 9.17) is 16.7 Å². The summed E-state index contributed by atoms with van der Waals surface area (Å²) < 4.78 is 0. The normalized spacial score (nSPS) is 10.8. The number of aromatic hydroxyl groups is 1. The number of hydrogen-bond acceptors (Lipinski definition) is 6. The van der Waals surface area contributed by atoms with E-state index in [1.54, 1.807) is 18.2 Å². The fraction of sp³-hybridized carbons (Fsp3) is 0.182. The summed E-state index contributed by atoms with van der Waals surface area (Å²) in [5, 5.41) is 34.4. The molecule has 0 radical (unpaired) electrons. The first kappa shape index (κ1) is 22.0. The molecule has 0 aliphatic rings. The predicted molar refractivity (Wildman–Crippen MR) is 120 cm³/mol. The number of phenols is 1. The summed E-state index contributed by atoms with van der Waals surface area (Å²) in [5.74, 6) is 0.00613. The molecule has 156 valence electrons. The van der Waals surface area contributed by atoms with Gasteiger partial charge in [-0.25, -0.2) is 0 Å². The number of anilines is 1. The highest BCUT2D eigenvalue weighted by Crippen LogP contribution is 2.35. The molecule has 0 saturated carbocycles. The van der Waals surface area contributed by atoms with Gasteiger partial charge in [0.2, 0.25) is 0 Å². The Morgan fingerprint density at radius 3 is 2.50 bits per heavy atom. The molecule has 0 aromatic heterocycles. The number of aliphatic hydroxyl groups excluding tert-OH is 1. The molecule has 30 heavy (non-hydrogen) atoms. The van der Waals surface area contributed by atoms with Crippen molar-refractivity contribution in [1.82, 2.24) is 0 Å². The van der Waals surface area contributed by atoms with Crippen LogP contribution in [0.15, 0.2) is 64.4 Å². The van der Waals surface area contributed by atoms with E-state index in [2.05, 4.69) is 5.32 Å². The summed E-state index contributed by atoms with van der Waals surface area (Å²) in [5.41, 5.74) is 2.80. The Bertz CT molecular complexity index is 1060. The van der Waals surface area contributed by atoms with Crippen molar-refractivity contribution >= 4 is 34.7 Å². The summed E-state index contributed by atoms with van der Waals surface area (Å²) in [6.45, 7) is 2.15. The van der Waals surface area contributed by atoms with Gasteiger partial charge in [0.15, 0.2) is 0 Å².